The Hall–Kier alpha value is -2.11. The summed E-state index contributed by atoms with van der Waals surface area (Å²) in [5.41, 5.74) is 4.89. The van der Waals surface area contributed by atoms with Crippen molar-refractivity contribution < 1.29 is 14.8 Å². The Balaban J connectivity index is 0.000000444. The van der Waals surface area contributed by atoms with Gasteiger partial charge in [0.15, 0.2) is 0 Å². The van der Waals surface area contributed by atoms with Crippen LogP contribution in [-0.2, 0) is 0 Å². The first kappa shape index (κ1) is 15.9. The molecule has 1 saturated carbocycles. The Morgan fingerprint density at radius 1 is 1.25 bits per heavy atom. The van der Waals surface area contributed by atoms with Crippen molar-refractivity contribution in [2.24, 2.45) is 11.7 Å². The van der Waals surface area contributed by atoms with Gasteiger partial charge in [-0.2, -0.15) is 0 Å². The number of nitrogens with zero attached hydrogens (tertiary/aromatic N) is 1. The summed E-state index contributed by atoms with van der Waals surface area (Å²) in [6.07, 6.45) is 4.18. The Morgan fingerprint density at radius 3 is 2.20 bits per heavy atom. The third kappa shape index (κ3) is 5.26. The smallest absolute Gasteiger partial charge is 0.402 e. The van der Waals surface area contributed by atoms with Gasteiger partial charge < -0.3 is 10.8 Å². The van der Waals surface area contributed by atoms with Crippen molar-refractivity contribution >= 4 is 6.09 Å². The molecule has 20 heavy (non-hydrogen) atoms. The molecule has 0 saturated heterocycles. The van der Waals surface area contributed by atoms with Crippen LogP contribution in [0.15, 0.2) is 30.3 Å². The number of nitro groups is 1. The molecule has 3 N–H and O–H groups in total. The molecule has 0 aliphatic heterocycles. The molecule has 0 bridgehead atoms. The fraction of sp³-hybridized carbons (Fsp3) is 0.500. The summed E-state index contributed by atoms with van der Waals surface area (Å²) >= 11 is 0. The predicted molar refractivity (Wildman–Crippen MR) is 75.0 cm³/mol. The molecular weight excluding hydrogens is 260 g/mol. The monoisotopic (exact) mass is 280 g/mol. The first-order valence-corrected chi connectivity index (χ1v) is 6.69. The zero-order valence-corrected chi connectivity index (χ0v) is 11.3. The fourth-order valence-corrected chi connectivity index (χ4v) is 2.67. The van der Waals surface area contributed by atoms with Gasteiger partial charge in [-0.15, -0.1) is 0 Å². The van der Waals surface area contributed by atoms with Crippen molar-refractivity contribution in [3.8, 4) is 0 Å². The van der Waals surface area contributed by atoms with Gasteiger partial charge in [0.25, 0.3) is 0 Å². The van der Waals surface area contributed by atoms with Crippen molar-refractivity contribution in [2.75, 3.05) is 0 Å². The van der Waals surface area contributed by atoms with Crippen LogP contribution in [0.5, 0.6) is 0 Å². The first-order valence-electron chi connectivity index (χ1n) is 6.69. The minimum absolute atomic E-state index is 0.106. The molecule has 1 aliphatic rings. The maximum absolute atomic E-state index is 11.2. The highest BCUT2D eigenvalue weighted by atomic mass is 16.6. The number of carbonyl (C=O) groups is 1. The molecular formula is C14H20N2O4. The number of amides is 1. The van der Waals surface area contributed by atoms with Crippen LogP contribution in [0.1, 0.15) is 43.7 Å². The average Bonchev–Trinajstić information content (AvgIpc) is 2.40. The molecule has 1 atom stereocenters. The summed E-state index contributed by atoms with van der Waals surface area (Å²) in [6.45, 7) is 0. The maximum atomic E-state index is 11.2. The highest BCUT2D eigenvalue weighted by molar-refractivity contribution is 5.61. The Labute approximate surface area is 117 Å². The molecule has 6 nitrogen and oxygen atoms in total. The second-order valence-corrected chi connectivity index (χ2v) is 4.88. The molecule has 6 heteroatoms. The standard InChI is InChI=1S/C13H17NO2.CH3NO2/c15-14(16)13(11-7-3-1-4-8-11)12-9-5-2-6-10-12;2-1(3)4/h1,3-4,7-8,12-13H,2,5-6,9-10H2;2H2,(H,3,4). The van der Waals surface area contributed by atoms with Crippen molar-refractivity contribution in [3.63, 3.8) is 0 Å². The van der Waals surface area contributed by atoms with Crippen molar-refractivity contribution in [1.82, 2.24) is 0 Å². The summed E-state index contributed by atoms with van der Waals surface area (Å²) in [5, 5.41) is 18.4. The molecule has 110 valence electrons. The van der Waals surface area contributed by atoms with Gasteiger partial charge in [-0.3, -0.25) is 10.1 Å². The lowest BCUT2D eigenvalue weighted by Gasteiger charge is -2.24. The number of primary amides is 1. The van der Waals surface area contributed by atoms with E-state index in [0.717, 1.165) is 31.2 Å². The van der Waals surface area contributed by atoms with Crippen LogP contribution in [0.25, 0.3) is 0 Å². The van der Waals surface area contributed by atoms with E-state index in [9.17, 15) is 10.1 Å². The third-order valence-electron chi connectivity index (χ3n) is 3.46. The lowest BCUT2D eigenvalue weighted by molar-refractivity contribution is -0.540. The number of nitrogens with two attached hydrogens (primary N) is 1. The van der Waals surface area contributed by atoms with Crippen LogP contribution in [0.4, 0.5) is 4.79 Å². The molecule has 1 aromatic rings. The van der Waals surface area contributed by atoms with Crippen LogP contribution >= 0.6 is 0 Å². The SMILES string of the molecule is NC(=O)O.O=[N+]([O-])C(c1ccccc1)C1CCCCC1. The number of rotatable bonds is 3. The highest BCUT2D eigenvalue weighted by Crippen LogP contribution is 2.36. The normalized spacial score (nSPS) is 16.6. The molecule has 1 unspecified atom stereocenters. The zero-order chi connectivity index (χ0) is 15.0. The summed E-state index contributed by atoms with van der Waals surface area (Å²) in [7, 11) is 0. The van der Waals surface area contributed by atoms with E-state index in [0.29, 0.717) is 0 Å². The van der Waals surface area contributed by atoms with Crippen LogP contribution < -0.4 is 5.73 Å². The van der Waals surface area contributed by atoms with Gasteiger partial charge in [0, 0.05) is 16.4 Å². The van der Waals surface area contributed by atoms with E-state index < -0.39 is 12.1 Å². The molecule has 0 aromatic heterocycles. The second-order valence-electron chi connectivity index (χ2n) is 4.88. The zero-order valence-electron chi connectivity index (χ0n) is 11.3. The molecule has 2 rings (SSSR count). The van der Waals surface area contributed by atoms with Crippen LogP contribution in [-0.4, -0.2) is 16.1 Å². The maximum Gasteiger partial charge on any atom is 0.402 e. The average molecular weight is 280 g/mol. The van der Waals surface area contributed by atoms with E-state index in [-0.39, 0.29) is 10.8 Å². The van der Waals surface area contributed by atoms with Gasteiger partial charge in [0.1, 0.15) is 0 Å². The number of benzene rings is 1. The summed E-state index contributed by atoms with van der Waals surface area (Å²) < 4.78 is 0. The lowest BCUT2D eigenvalue weighted by atomic mass is 9.81. The predicted octanol–water partition coefficient (Wildman–Crippen LogP) is 3.21. The molecule has 0 spiro atoms. The van der Waals surface area contributed by atoms with Gasteiger partial charge in [0.2, 0.25) is 6.04 Å². The van der Waals surface area contributed by atoms with E-state index in [1.54, 1.807) is 0 Å². The number of carboxylic acid groups (broad SMARTS) is 1. The van der Waals surface area contributed by atoms with E-state index in [1.807, 2.05) is 30.3 Å². The van der Waals surface area contributed by atoms with Gasteiger partial charge in [0.05, 0.1) is 0 Å². The topological polar surface area (TPSA) is 106 Å². The van der Waals surface area contributed by atoms with Crippen molar-refractivity contribution in [3.05, 3.63) is 46.0 Å². The summed E-state index contributed by atoms with van der Waals surface area (Å²) in [5.74, 6) is 0.228. The van der Waals surface area contributed by atoms with Crippen LogP contribution in [0.2, 0.25) is 0 Å². The second kappa shape index (κ2) is 8.14. The Bertz CT molecular complexity index is 426. The van der Waals surface area contributed by atoms with Crippen LogP contribution in [0.3, 0.4) is 0 Å². The van der Waals surface area contributed by atoms with Gasteiger partial charge in [-0.25, -0.2) is 4.79 Å². The largest absolute Gasteiger partial charge is 0.465 e. The third-order valence-corrected chi connectivity index (χ3v) is 3.46. The van der Waals surface area contributed by atoms with Gasteiger partial charge in [-0.1, -0.05) is 49.6 Å². The fourth-order valence-electron chi connectivity index (χ4n) is 2.67. The van der Waals surface area contributed by atoms with E-state index in [2.05, 4.69) is 5.73 Å². The number of hydrogen-bond acceptors (Lipinski definition) is 3. The summed E-state index contributed by atoms with van der Waals surface area (Å²) in [4.78, 5) is 19.9. The lowest BCUT2D eigenvalue weighted by Crippen LogP contribution is -2.23. The summed E-state index contributed by atoms with van der Waals surface area (Å²) in [6, 6.07) is 8.93. The Morgan fingerprint density at radius 2 is 1.75 bits per heavy atom. The van der Waals surface area contributed by atoms with Crippen molar-refractivity contribution in [2.45, 2.75) is 38.1 Å². The highest BCUT2D eigenvalue weighted by Gasteiger charge is 2.33. The van der Waals surface area contributed by atoms with Gasteiger partial charge in [-0.05, 0) is 12.8 Å². The molecule has 1 aromatic carbocycles. The first-order chi connectivity index (χ1) is 9.52. The minimum atomic E-state index is -1.33. The molecule has 1 aliphatic carbocycles. The molecule has 0 heterocycles. The van der Waals surface area contributed by atoms with E-state index >= 15 is 0 Å². The van der Waals surface area contributed by atoms with Crippen molar-refractivity contribution in [1.29, 1.82) is 0 Å². The molecule has 1 fully saturated rings. The minimum Gasteiger partial charge on any atom is -0.465 e. The quantitative estimate of drug-likeness (QED) is 0.654. The number of hydrogen-bond donors (Lipinski definition) is 2. The molecule has 0 radical (unpaired) electrons. The Kier molecular flexibility index (Phi) is 6.49. The molecule has 1 amide bonds. The van der Waals surface area contributed by atoms with E-state index in [4.69, 9.17) is 9.90 Å². The van der Waals surface area contributed by atoms with Gasteiger partial charge >= 0.3 is 6.09 Å². The van der Waals surface area contributed by atoms with E-state index in [1.165, 1.54) is 6.42 Å². The van der Waals surface area contributed by atoms with Crippen LogP contribution in [0, 0.1) is 16.0 Å².